The molecule has 0 spiro atoms. The van der Waals surface area contributed by atoms with Crippen molar-refractivity contribution < 1.29 is 4.79 Å². The number of H-pyrrole nitrogens is 1. The van der Waals surface area contributed by atoms with Crippen molar-refractivity contribution in [1.29, 1.82) is 0 Å². The van der Waals surface area contributed by atoms with Crippen LogP contribution in [0.1, 0.15) is 34.9 Å². The molecule has 6 heteroatoms. The third-order valence-electron chi connectivity index (χ3n) is 4.62. The van der Waals surface area contributed by atoms with Crippen LogP contribution in [0.15, 0.2) is 36.8 Å². The van der Waals surface area contributed by atoms with Crippen LogP contribution in [0, 0.1) is 0 Å². The Bertz CT molecular complexity index is 849. The van der Waals surface area contributed by atoms with E-state index in [0.29, 0.717) is 6.54 Å². The molecular formula is C17H19N5O. The third-order valence-corrected chi connectivity index (χ3v) is 4.62. The molecular weight excluding hydrogens is 290 g/mol. The van der Waals surface area contributed by atoms with Gasteiger partial charge in [0.05, 0.1) is 0 Å². The molecule has 3 aromatic rings. The molecule has 23 heavy (non-hydrogen) atoms. The number of rotatable bonds is 2. The number of benzene rings is 1. The van der Waals surface area contributed by atoms with Crippen molar-refractivity contribution in [3.8, 4) is 0 Å². The molecule has 1 fully saturated rings. The van der Waals surface area contributed by atoms with Crippen molar-refractivity contribution in [1.82, 2.24) is 24.6 Å². The number of likely N-dealkylation sites (tertiary alicyclic amines) is 1. The number of nitrogens with one attached hydrogen (secondary N) is 1. The number of fused-ring (bicyclic) bond motifs is 1. The van der Waals surface area contributed by atoms with Gasteiger partial charge in [-0.2, -0.15) is 0 Å². The quantitative estimate of drug-likeness (QED) is 0.790. The fourth-order valence-corrected chi connectivity index (χ4v) is 3.40. The molecule has 1 aromatic carbocycles. The van der Waals surface area contributed by atoms with Crippen LogP contribution in [0.4, 0.5) is 0 Å². The highest BCUT2D eigenvalue weighted by Crippen LogP contribution is 2.26. The topological polar surface area (TPSA) is 66.8 Å². The first kappa shape index (κ1) is 14.0. The number of piperidine rings is 1. The summed E-state index contributed by atoms with van der Waals surface area (Å²) in [7, 11) is 1.95. The van der Waals surface area contributed by atoms with Gasteiger partial charge in [0, 0.05) is 43.3 Å². The molecule has 118 valence electrons. The van der Waals surface area contributed by atoms with E-state index in [0.717, 1.165) is 41.7 Å². The van der Waals surface area contributed by atoms with Crippen molar-refractivity contribution in [2.24, 2.45) is 7.05 Å². The van der Waals surface area contributed by atoms with Crippen molar-refractivity contribution in [2.75, 3.05) is 13.1 Å². The minimum atomic E-state index is 0.0911. The second kappa shape index (κ2) is 5.53. The number of hydrogen-bond donors (Lipinski definition) is 1. The molecule has 3 heterocycles. The summed E-state index contributed by atoms with van der Waals surface area (Å²) in [4.78, 5) is 17.9. The van der Waals surface area contributed by atoms with Crippen molar-refractivity contribution >= 4 is 16.8 Å². The largest absolute Gasteiger partial charge is 0.361 e. The number of nitrogens with zero attached hydrogens (tertiary/aromatic N) is 4. The Kier molecular flexibility index (Phi) is 3.37. The van der Waals surface area contributed by atoms with Crippen LogP contribution in [0.5, 0.6) is 0 Å². The lowest BCUT2D eigenvalue weighted by Gasteiger charge is -2.32. The van der Waals surface area contributed by atoms with Gasteiger partial charge in [0.25, 0.3) is 5.91 Å². The summed E-state index contributed by atoms with van der Waals surface area (Å²) in [6, 6.07) is 7.84. The summed E-state index contributed by atoms with van der Waals surface area (Å²) in [5.41, 5.74) is 1.73. The van der Waals surface area contributed by atoms with Gasteiger partial charge in [0.2, 0.25) is 0 Å². The maximum atomic E-state index is 12.8. The SMILES string of the molecule is Cn1cnnc1C1CCCN(C(=O)c2ccc3cc[nH]c3c2)C1. The smallest absolute Gasteiger partial charge is 0.253 e. The van der Waals surface area contributed by atoms with Crippen LogP contribution in [0.2, 0.25) is 0 Å². The van der Waals surface area contributed by atoms with E-state index in [-0.39, 0.29) is 11.8 Å². The lowest BCUT2D eigenvalue weighted by atomic mass is 9.96. The van der Waals surface area contributed by atoms with Crippen LogP contribution < -0.4 is 0 Å². The van der Waals surface area contributed by atoms with Crippen LogP contribution in [-0.4, -0.2) is 43.6 Å². The summed E-state index contributed by atoms with van der Waals surface area (Å²) in [5.74, 6) is 1.31. The van der Waals surface area contributed by atoms with E-state index in [1.54, 1.807) is 6.33 Å². The van der Waals surface area contributed by atoms with Crippen molar-refractivity contribution in [3.63, 3.8) is 0 Å². The van der Waals surface area contributed by atoms with Gasteiger partial charge in [0.1, 0.15) is 12.2 Å². The summed E-state index contributed by atoms with van der Waals surface area (Å²) in [6.45, 7) is 1.50. The van der Waals surface area contributed by atoms with E-state index in [2.05, 4.69) is 15.2 Å². The van der Waals surface area contributed by atoms with Crippen molar-refractivity contribution in [2.45, 2.75) is 18.8 Å². The van der Waals surface area contributed by atoms with Gasteiger partial charge in [0.15, 0.2) is 0 Å². The second-order valence-electron chi connectivity index (χ2n) is 6.17. The predicted octanol–water partition coefficient (Wildman–Crippen LogP) is 2.32. The van der Waals surface area contributed by atoms with Gasteiger partial charge < -0.3 is 14.5 Å². The minimum absolute atomic E-state index is 0.0911. The monoisotopic (exact) mass is 309 g/mol. The zero-order chi connectivity index (χ0) is 15.8. The number of amides is 1. The number of aromatic nitrogens is 4. The zero-order valence-corrected chi connectivity index (χ0v) is 13.1. The molecule has 6 nitrogen and oxygen atoms in total. The van der Waals surface area contributed by atoms with Crippen LogP contribution in [0.25, 0.3) is 10.9 Å². The average molecular weight is 309 g/mol. The molecule has 1 unspecified atom stereocenters. The molecule has 0 bridgehead atoms. The fraction of sp³-hybridized carbons (Fsp3) is 0.353. The Balaban J connectivity index is 1.56. The number of hydrogen-bond acceptors (Lipinski definition) is 3. The molecule has 0 aliphatic carbocycles. The molecule has 2 aromatic heterocycles. The molecule has 0 saturated carbocycles. The van der Waals surface area contributed by atoms with Crippen LogP contribution in [0.3, 0.4) is 0 Å². The van der Waals surface area contributed by atoms with Crippen molar-refractivity contribution in [3.05, 3.63) is 48.2 Å². The highest BCUT2D eigenvalue weighted by atomic mass is 16.2. The Morgan fingerprint density at radius 1 is 1.35 bits per heavy atom. The molecule has 1 amide bonds. The summed E-state index contributed by atoms with van der Waals surface area (Å²) in [6.07, 6.45) is 5.65. The van der Waals surface area contributed by atoms with E-state index in [1.807, 2.05) is 47.0 Å². The highest BCUT2D eigenvalue weighted by Gasteiger charge is 2.28. The van der Waals surface area contributed by atoms with E-state index >= 15 is 0 Å². The standard InChI is InChI=1S/C17H19N5O/c1-21-11-19-20-16(21)14-3-2-8-22(10-14)17(23)13-5-4-12-6-7-18-15(12)9-13/h4-7,9,11,14,18H,2-3,8,10H2,1H3. The number of aromatic amines is 1. The maximum absolute atomic E-state index is 12.8. The first-order valence-electron chi connectivity index (χ1n) is 7.92. The summed E-state index contributed by atoms with van der Waals surface area (Å²) in [5, 5.41) is 9.29. The molecule has 1 saturated heterocycles. The molecule has 1 aliphatic heterocycles. The van der Waals surface area contributed by atoms with Gasteiger partial charge in [-0.05, 0) is 36.4 Å². The predicted molar refractivity (Wildman–Crippen MR) is 87.2 cm³/mol. The number of carbonyl (C=O) groups excluding carboxylic acids is 1. The van der Waals surface area contributed by atoms with E-state index in [1.165, 1.54) is 0 Å². The van der Waals surface area contributed by atoms with E-state index in [4.69, 9.17) is 0 Å². The van der Waals surface area contributed by atoms with Crippen LogP contribution in [-0.2, 0) is 7.05 Å². The third kappa shape index (κ3) is 2.50. The first-order chi connectivity index (χ1) is 11.2. The fourth-order valence-electron chi connectivity index (χ4n) is 3.40. The number of carbonyl (C=O) groups is 1. The van der Waals surface area contributed by atoms with Gasteiger partial charge >= 0.3 is 0 Å². The zero-order valence-electron chi connectivity index (χ0n) is 13.1. The van der Waals surface area contributed by atoms with E-state index < -0.39 is 0 Å². The molecule has 1 N–H and O–H groups in total. The maximum Gasteiger partial charge on any atom is 0.253 e. The second-order valence-corrected chi connectivity index (χ2v) is 6.17. The highest BCUT2D eigenvalue weighted by molar-refractivity contribution is 5.98. The van der Waals surface area contributed by atoms with Gasteiger partial charge in [-0.15, -0.1) is 10.2 Å². The average Bonchev–Trinajstić information content (AvgIpc) is 3.22. The summed E-state index contributed by atoms with van der Waals surface area (Å²) >= 11 is 0. The molecule has 1 atom stereocenters. The molecule has 1 aliphatic rings. The Labute approximate surface area is 134 Å². The first-order valence-corrected chi connectivity index (χ1v) is 7.92. The molecule has 4 rings (SSSR count). The van der Waals surface area contributed by atoms with Gasteiger partial charge in [-0.1, -0.05) is 6.07 Å². The van der Waals surface area contributed by atoms with E-state index in [9.17, 15) is 4.79 Å². The molecule has 0 radical (unpaired) electrons. The summed E-state index contributed by atoms with van der Waals surface area (Å²) < 4.78 is 1.95. The Morgan fingerprint density at radius 3 is 3.09 bits per heavy atom. The van der Waals surface area contributed by atoms with Gasteiger partial charge in [-0.25, -0.2) is 0 Å². The Morgan fingerprint density at radius 2 is 2.26 bits per heavy atom. The van der Waals surface area contributed by atoms with Gasteiger partial charge in [-0.3, -0.25) is 4.79 Å². The lowest BCUT2D eigenvalue weighted by Crippen LogP contribution is -2.39. The van der Waals surface area contributed by atoms with Crippen LogP contribution >= 0.6 is 0 Å². The number of aryl methyl sites for hydroxylation is 1. The normalized spacial score (nSPS) is 18.5. The Hall–Kier alpha value is -2.63. The lowest BCUT2D eigenvalue weighted by molar-refractivity contribution is 0.0703. The minimum Gasteiger partial charge on any atom is -0.361 e.